The number of carbonyl (C=O) groups excluding carboxylic acids is 2. The first-order valence-electron chi connectivity index (χ1n) is 8.35. The SMILES string of the molecule is COc1cc(C#N)ccc1OCC(=O)NC(C)C(=O)NCc1ccccc1. The van der Waals surface area contributed by atoms with Crippen molar-refractivity contribution in [3.05, 3.63) is 59.7 Å². The molecule has 0 aromatic heterocycles. The van der Waals surface area contributed by atoms with Gasteiger partial charge in [-0.2, -0.15) is 5.26 Å². The molecule has 1 atom stereocenters. The van der Waals surface area contributed by atoms with Crippen LogP contribution >= 0.6 is 0 Å². The molecule has 0 saturated heterocycles. The van der Waals surface area contributed by atoms with Gasteiger partial charge in [-0.25, -0.2) is 0 Å². The Kier molecular flexibility index (Phi) is 7.20. The molecule has 0 aliphatic heterocycles. The summed E-state index contributed by atoms with van der Waals surface area (Å²) >= 11 is 0. The lowest BCUT2D eigenvalue weighted by molar-refractivity contribution is -0.129. The Hall–Kier alpha value is -3.53. The number of ether oxygens (including phenoxy) is 2. The minimum Gasteiger partial charge on any atom is -0.493 e. The van der Waals surface area contributed by atoms with Crippen LogP contribution in [0, 0.1) is 11.3 Å². The van der Waals surface area contributed by atoms with Gasteiger partial charge in [0.2, 0.25) is 5.91 Å². The maximum Gasteiger partial charge on any atom is 0.258 e. The quantitative estimate of drug-likeness (QED) is 0.741. The lowest BCUT2D eigenvalue weighted by atomic mass is 10.2. The Labute approximate surface area is 157 Å². The molecular formula is C20H21N3O4. The topological polar surface area (TPSA) is 100 Å². The van der Waals surface area contributed by atoms with E-state index in [-0.39, 0.29) is 12.5 Å². The molecule has 0 aliphatic rings. The third-order valence-electron chi connectivity index (χ3n) is 3.73. The molecule has 0 heterocycles. The van der Waals surface area contributed by atoms with Crippen LogP contribution in [0.1, 0.15) is 18.1 Å². The standard InChI is InChI=1S/C20H21N3O4/c1-14(20(25)22-12-15-6-4-3-5-7-15)23-19(24)13-27-17-9-8-16(11-21)10-18(17)26-2/h3-10,14H,12-13H2,1-2H3,(H,22,25)(H,23,24). The molecule has 140 valence electrons. The number of methoxy groups -OCH3 is 1. The molecule has 1 unspecified atom stereocenters. The largest absolute Gasteiger partial charge is 0.493 e. The second-order valence-corrected chi connectivity index (χ2v) is 5.76. The van der Waals surface area contributed by atoms with Crippen molar-refractivity contribution in [2.45, 2.75) is 19.5 Å². The monoisotopic (exact) mass is 367 g/mol. The highest BCUT2D eigenvalue weighted by Crippen LogP contribution is 2.27. The summed E-state index contributed by atoms with van der Waals surface area (Å²) in [6.07, 6.45) is 0. The van der Waals surface area contributed by atoms with Gasteiger partial charge in [0.05, 0.1) is 18.7 Å². The molecule has 27 heavy (non-hydrogen) atoms. The zero-order valence-electron chi connectivity index (χ0n) is 15.2. The van der Waals surface area contributed by atoms with Crippen LogP contribution < -0.4 is 20.1 Å². The van der Waals surface area contributed by atoms with Crippen LogP contribution in [0.3, 0.4) is 0 Å². The smallest absolute Gasteiger partial charge is 0.258 e. The predicted octanol–water partition coefficient (Wildman–Crippen LogP) is 1.77. The van der Waals surface area contributed by atoms with Gasteiger partial charge in [0.1, 0.15) is 6.04 Å². The van der Waals surface area contributed by atoms with Crippen molar-refractivity contribution in [1.29, 1.82) is 5.26 Å². The zero-order valence-corrected chi connectivity index (χ0v) is 15.2. The van der Waals surface area contributed by atoms with E-state index in [4.69, 9.17) is 14.7 Å². The van der Waals surface area contributed by atoms with Gasteiger partial charge in [-0.05, 0) is 24.6 Å². The lowest BCUT2D eigenvalue weighted by Gasteiger charge is -2.15. The van der Waals surface area contributed by atoms with Crippen molar-refractivity contribution in [1.82, 2.24) is 10.6 Å². The van der Waals surface area contributed by atoms with Crippen LogP contribution in [0.25, 0.3) is 0 Å². The number of nitrogens with zero attached hydrogens (tertiary/aromatic N) is 1. The zero-order chi connectivity index (χ0) is 19.6. The van der Waals surface area contributed by atoms with Gasteiger partial charge in [-0.15, -0.1) is 0 Å². The maximum absolute atomic E-state index is 12.1. The first-order valence-corrected chi connectivity index (χ1v) is 8.35. The summed E-state index contributed by atoms with van der Waals surface area (Å²) in [5.74, 6) is -0.0322. The van der Waals surface area contributed by atoms with E-state index >= 15 is 0 Å². The Morgan fingerprint density at radius 1 is 1.15 bits per heavy atom. The molecule has 0 aliphatic carbocycles. The fourth-order valence-electron chi connectivity index (χ4n) is 2.29. The highest BCUT2D eigenvalue weighted by atomic mass is 16.5. The number of amides is 2. The lowest BCUT2D eigenvalue weighted by Crippen LogP contribution is -2.46. The highest BCUT2D eigenvalue weighted by Gasteiger charge is 2.16. The summed E-state index contributed by atoms with van der Waals surface area (Å²) in [4.78, 5) is 24.1. The summed E-state index contributed by atoms with van der Waals surface area (Å²) in [6.45, 7) is 1.71. The third kappa shape index (κ3) is 6.04. The van der Waals surface area contributed by atoms with Crippen molar-refractivity contribution < 1.29 is 19.1 Å². The average Bonchev–Trinajstić information content (AvgIpc) is 2.70. The van der Waals surface area contributed by atoms with E-state index in [1.54, 1.807) is 19.1 Å². The fourth-order valence-corrected chi connectivity index (χ4v) is 2.29. The summed E-state index contributed by atoms with van der Waals surface area (Å²) in [7, 11) is 1.45. The number of carbonyl (C=O) groups is 2. The summed E-state index contributed by atoms with van der Waals surface area (Å²) in [5, 5.41) is 14.2. The van der Waals surface area contributed by atoms with Crippen molar-refractivity contribution in [2.24, 2.45) is 0 Å². The Bertz CT molecular complexity index is 831. The van der Waals surface area contributed by atoms with E-state index in [0.717, 1.165) is 5.56 Å². The van der Waals surface area contributed by atoms with Crippen LogP contribution in [0.15, 0.2) is 48.5 Å². The number of rotatable bonds is 8. The second kappa shape index (κ2) is 9.82. The van der Waals surface area contributed by atoms with Crippen molar-refractivity contribution in [3.8, 4) is 17.6 Å². The molecule has 0 fully saturated rings. The maximum atomic E-state index is 12.1. The van der Waals surface area contributed by atoms with Gasteiger partial charge in [-0.1, -0.05) is 30.3 Å². The molecule has 2 aromatic carbocycles. The van der Waals surface area contributed by atoms with Crippen LogP contribution in [-0.2, 0) is 16.1 Å². The van der Waals surface area contributed by atoms with E-state index in [1.165, 1.54) is 13.2 Å². The third-order valence-corrected chi connectivity index (χ3v) is 3.73. The molecule has 0 spiro atoms. The van der Waals surface area contributed by atoms with Crippen LogP contribution in [0.4, 0.5) is 0 Å². The predicted molar refractivity (Wildman–Crippen MR) is 99.1 cm³/mol. The molecule has 2 aromatic rings. The number of hydrogen-bond donors (Lipinski definition) is 2. The van der Waals surface area contributed by atoms with E-state index in [9.17, 15) is 9.59 Å². The Morgan fingerprint density at radius 2 is 1.89 bits per heavy atom. The van der Waals surface area contributed by atoms with Gasteiger partial charge in [-0.3, -0.25) is 9.59 Å². The van der Waals surface area contributed by atoms with Crippen molar-refractivity contribution in [2.75, 3.05) is 13.7 Å². The van der Waals surface area contributed by atoms with Gasteiger partial charge >= 0.3 is 0 Å². The minimum absolute atomic E-state index is 0.279. The van der Waals surface area contributed by atoms with Crippen LogP contribution in [-0.4, -0.2) is 31.6 Å². The average molecular weight is 367 g/mol. The highest BCUT2D eigenvalue weighted by molar-refractivity contribution is 5.87. The molecule has 7 nitrogen and oxygen atoms in total. The van der Waals surface area contributed by atoms with Crippen molar-refractivity contribution >= 4 is 11.8 Å². The van der Waals surface area contributed by atoms with E-state index in [1.807, 2.05) is 36.4 Å². The van der Waals surface area contributed by atoms with Crippen LogP contribution in [0.5, 0.6) is 11.5 Å². The number of benzene rings is 2. The molecular weight excluding hydrogens is 346 g/mol. The Balaban J connectivity index is 1.81. The molecule has 7 heteroatoms. The summed E-state index contributed by atoms with van der Waals surface area (Å²) < 4.78 is 10.6. The van der Waals surface area contributed by atoms with E-state index in [0.29, 0.717) is 23.6 Å². The number of nitriles is 1. The molecule has 0 saturated carbocycles. The van der Waals surface area contributed by atoms with Crippen molar-refractivity contribution in [3.63, 3.8) is 0 Å². The minimum atomic E-state index is -0.701. The van der Waals surface area contributed by atoms with Gasteiger partial charge in [0, 0.05) is 12.6 Å². The second-order valence-electron chi connectivity index (χ2n) is 5.76. The first-order chi connectivity index (χ1) is 13.0. The van der Waals surface area contributed by atoms with Gasteiger partial charge in [0.25, 0.3) is 5.91 Å². The molecule has 0 bridgehead atoms. The fraction of sp³-hybridized carbons (Fsp3) is 0.250. The number of hydrogen-bond acceptors (Lipinski definition) is 5. The molecule has 2 amide bonds. The van der Waals surface area contributed by atoms with E-state index < -0.39 is 11.9 Å². The van der Waals surface area contributed by atoms with Gasteiger partial charge in [0.15, 0.2) is 18.1 Å². The first kappa shape index (κ1) is 19.8. The molecule has 2 rings (SSSR count). The Morgan fingerprint density at radius 3 is 2.56 bits per heavy atom. The normalized spacial score (nSPS) is 11.0. The van der Waals surface area contributed by atoms with Crippen LogP contribution in [0.2, 0.25) is 0 Å². The summed E-state index contributed by atoms with van der Waals surface area (Å²) in [6, 6.07) is 15.4. The molecule has 0 radical (unpaired) electrons. The number of nitrogens with one attached hydrogen (secondary N) is 2. The summed E-state index contributed by atoms with van der Waals surface area (Å²) in [5.41, 5.74) is 1.40. The molecule has 2 N–H and O–H groups in total. The van der Waals surface area contributed by atoms with Gasteiger partial charge < -0.3 is 20.1 Å². The van der Waals surface area contributed by atoms with E-state index in [2.05, 4.69) is 10.6 Å².